The topological polar surface area (TPSA) is 82.1 Å². The number of nitrogens with zero attached hydrogens (tertiary/aromatic N) is 2. The van der Waals surface area contributed by atoms with E-state index in [1.807, 2.05) is 9.80 Å². The van der Waals surface area contributed by atoms with Crippen molar-refractivity contribution in [1.29, 1.82) is 0 Å². The third-order valence-corrected chi connectivity index (χ3v) is 6.57. The van der Waals surface area contributed by atoms with Gasteiger partial charge in [-0.1, -0.05) is 0 Å². The Morgan fingerprint density at radius 3 is 2.92 bits per heavy atom. The number of hydrogen-bond donors (Lipinski definition) is 2. The molecule has 4 aliphatic rings. The summed E-state index contributed by atoms with van der Waals surface area (Å²) in [5.74, 6) is 0.906. The van der Waals surface area contributed by atoms with Crippen molar-refractivity contribution in [2.45, 2.75) is 57.1 Å². The van der Waals surface area contributed by atoms with Gasteiger partial charge in [0.05, 0.1) is 12.8 Å². The van der Waals surface area contributed by atoms with Crippen molar-refractivity contribution in [3.63, 3.8) is 0 Å². The summed E-state index contributed by atoms with van der Waals surface area (Å²) in [5.41, 5.74) is 0.0197. The Balaban J connectivity index is 1.41. The molecule has 146 valence electrons. The number of aliphatic hydroxyl groups excluding tert-OH is 1. The van der Waals surface area contributed by atoms with Gasteiger partial charge in [0.25, 0.3) is 0 Å². The van der Waals surface area contributed by atoms with E-state index in [0.717, 1.165) is 38.9 Å². The van der Waals surface area contributed by atoms with Crippen LogP contribution in [-0.4, -0.2) is 78.4 Å². The Morgan fingerprint density at radius 2 is 2.15 bits per heavy atom. The highest BCUT2D eigenvalue weighted by atomic mass is 16.5. The second-order valence-electron chi connectivity index (χ2n) is 8.55. The first-order chi connectivity index (χ1) is 12.6. The fourth-order valence-electron chi connectivity index (χ4n) is 5.00. The number of piperidine rings is 2. The average Bonchev–Trinajstić information content (AvgIpc) is 3.39. The molecular formula is C19H31N3O4. The molecule has 7 heteroatoms. The molecule has 0 bridgehead atoms. The summed E-state index contributed by atoms with van der Waals surface area (Å²) < 4.78 is 5.78. The van der Waals surface area contributed by atoms with Gasteiger partial charge in [-0.2, -0.15) is 0 Å². The maximum absolute atomic E-state index is 13.2. The summed E-state index contributed by atoms with van der Waals surface area (Å²) in [6.45, 7) is 3.46. The Morgan fingerprint density at radius 1 is 1.31 bits per heavy atom. The first-order valence-electron chi connectivity index (χ1n) is 10.1. The van der Waals surface area contributed by atoms with Crippen LogP contribution in [0.25, 0.3) is 0 Å². The molecule has 1 saturated carbocycles. The molecule has 0 radical (unpaired) electrons. The van der Waals surface area contributed by atoms with Crippen molar-refractivity contribution in [3.8, 4) is 0 Å². The number of likely N-dealkylation sites (tertiary alicyclic amines) is 2. The monoisotopic (exact) mass is 365 g/mol. The molecule has 2 N–H and O–H groups in total. The van der Waals surface area contributed by atoms with E-state index >= 15 is 0 Å². The number of carbonyl (C=O) groups excluding carboxylic acids is 2. The van der Waals surface area contributed by atoms with Crippen molar-refractivity contribution >= 4 is 11.8 Å². The summed E-state index contributed by atoms with van der Waals surface area (Å²) in [4.78, 5) is 29.3. The quantitative estimate of drug-likeness (QED) is 0.734. The molecule has 0 aromatic heterocycles. The van der Waals surface area contributed by atoms with Gasteiger partial charge in [0.2, 0.25) is 11.8 Å². The van der Waals surface area contributed by atoms with E-state index < -0.39 is 0 Å². The summed E-state index contributed by atoms with van der Waals surface area (Å²) >= 11 is 0. The number of amides is 2. The SMILES string of the molecule is O=C1CCC2(CCCN(C(=O)C3NCOC3C3CC3)C2)CN1CCCO. The highest BCUT2D eigenvalue weighted by Crippen LogP contribution is 2.41. The second-order valence-corrected chi connectivity index (χ2v) is 8.55. The fraction of sp³-hybridized carbons (Fsp3) is 0.895. The van der Waals surface area contributed by atoms with Crippen molar-refractivity contribution < 1.29 is 19.4 Å². The lowest BCUT2D eigenvalue weighted by atomic mass is 9.73. The van der Waals surface area contributed by atoms with E-state index in [2.05, 4.69) is 5.32 Å². The van der Waals surface area contributed by atoms with Crippen molar-refractivity contribution in [2.24, 2.45) is 11.3 Å². The smallest absolute Gasteiger partial charge is 0.242 e. The molecule has 0 aromatic rings. The zero-order valence-electron chi connectivity index (χ0n) is 15.5. The molecule has 4 rings (SSSR count). The minimum atomic E-state index is -0.201. The van der Waals surface area contributed by atoms with Crippen LogP contribution >= 0.6 is 0 Å². The number of nitrogens with one attached hydrogen (secondary N) is 1. The van der Waals surface area contributed by atoms with Gasteiger partial charge < -0.3 is 19.6 Å². The number of rotatable bonds is 5. The van der Waals surface area contributed by atoms with Crippen LogP contribution in [0.1, 0.15) is 44.9 Å². The summed E-state index contributed by atoms with van der Waals surface area (Å²) in [6, 6.07) is -0.201. The van der Waals surface area contributed by atoms with Crippen LogP contribution < -0.4 is 5.32 Å². The van der Waals surface area contributed by atoms with Gasteiger partial charge in [-0.3, -0.25) is 14.9 Å². The minimum Gasteiger partial charge on any atom is -0.396 e. The minimum absolute atomic E-state index is 0.0197. The molecule has 0 aromatic carbocycles. The summed E-state index contributed by atoms with van der Waals surface area (Å²) in [5, 5.41) is 12.3. The van der Waals surface area contributed by atoms with Gasteiger partial charge in [-0.25, -0.2) is 0 Å². The van der Waals surface area contributed by atoms with E-state index in [0.29, 0.717) is 32.0 Å². The van der Waals surface area contributed by atoms with E-state index in [9.17, 15) is 9.59 Å². The zero-order chi connectivity index (χ0) is 18.1. The van der Waals surface area contributed by atoms with Crippen molar-refractivity contribution in [1.82, 2.24) is 15.1 Å². The number of carbonyl (C=O) groups is 2. The second kappa shape index (κ2) is 7.44. The maximum atomic E-state index is 13.2. The molecule has 3 aliphatic heterocycles. The van der Waals surface area contributed by atoms with Crippen LogP contribution in [0.4, 0.5) is 0 Å². The van der Waals surface area contributed by atoms with Crippen molar-refractivity contribution in [3.05, 3.63) is 0 Å². The lowest BCUT2D eigenvalue weighted by molar-refractivity contribution is -0.144. The first kappa shape index (κ1) is 18.2. The molecule has 3 unspecified atom stereocenters. The number of ether oxygens (including phenoxy) is 1. The Bertz CT molecular complexity index is 553. The molecule has 1 aliphatic carbocycles. The van der Waals surface area contributed by atoms with Gasteiger partial charge in [0.1, 0.15) is 6.04 Å². The largest absolute Gasteiger partial charge is 0.396 e. The lowest BCUT2D eigenvalue weighted by Gasteiger charge is -2.48. The lowest BCUT2D eigenvalue weighted by Crippen LogP contribution is -2.58. The first-order valence-corrected chi connectivity index (χ1v) is 10.1. The van der Waals surface area contributed by atoms with Gasteiger partial charge in [0.15, 0.2) is 0 Å². The van der Waals surface area contributed by atoms with Gasteiger partial charge in [0, 0.05) is 44.6 Å². The predicted molar refractivity (Wildman–Crippen MR) is 95.2 cm³/mol. The molecule has 3 heterocycles. The van der Waals surface area contributed by atoms with Crippen LogP contribution in [0.2, 0.25) is 0 Å². The van der Waals surface area contributed by atoms with E-state index in [1.165, 1.54) is 12.8 Å². The Kier molecular flexibility index (Phi) is 5.21. The predicted octanol–water partition coefficient (Wildman–Crippen LogP) is 0.325. The third-order valence-electron chi connectivity index (χ3n) is 6.57. The highest BCUT2D eigenvalue weighted by Gasteiger charge is 2.48. The fourth-order valence-corrected chi connectivity index (χ4v) is 5.00. The molecule has 3 saturated heterocycles. The molecule has 1 spiro atoms. The van der Waals surface area contributed by atoms with Crippen molar-refractivity contribution in [2.75, 3.05) is 39.5 Å². The third kappa shape index (κ3) is 3.62. The van der Waals surface area contributed by atoms with E-state index in [-0.39, 0.29) is 36.0 Å². The zero-order valence-corrected chi connectivity index (χ0v) is 15.5. The van der Waals surface area contributed by atoms with Gasteiger partial charge in [-0.15, -0.1) is 0 Å². The van der Waals surface area contributed by atoms with Crippen LogP contribution in [0.15, 0.2) is 0 Å². The standard InChI is InChI=1S/C19H31N3O4/c23-10-2-9-21-11-19(7-5-15(21)24)6-1-8-22(12-19)18(25)16-17(14-3-4-14)26-13-20-16/h14,16-17,20,23H,1-13H2. The van der Waals surface area contributed by atoms with E-state index in [4.69, 9.17) is 9.84 Å². The van der Waals surface area contributed by atoms with Crippen LogP contribution in [0, 0.1) is 11.3 Å². The maximum Gasteiger partial charge on any atom is 0.242 e. The average molecular weight is 365 g/mol. The van der Waals surface area contributed by atoms with E-state index in [1.54, 1.807) is 0 Å². The summed E-state index contributed by atoms with van der Waals surface area (Å²) in [6.07, 6.45) is 6.49. The summed E-state index contributed by atoms with van der Waals surface area (Å²) in [7, 11) is 0. The number of hydrogen-bond acceptors (Lipinski definition) is 5. The normalized spacial score (nSPS) is 35.3. The molecular weight excluding hydrogens is 334 g/mol. The number of aliphatic hydroxyl groups is 1. The Hall–Kier alpha value is -1.18. The van der Waals surface area contributed by atoms with Gasteiger partial charge in [-0.05, 0) is 44.4 Å². The molecule has 2 amide bonds. The molecule has 4 fully saturated rings. The molecule has 26 heavy (non-hydrogen) atoms. The van der Waals surface area contributed by atoms with Gasteiger partial charge >= 0.3 is 0 Å². The van der Waals surface area contributed by atoms with Crippen LogP contribution in [-0.2, 0) is 14.3 Å². The molecule has 7 nitrogen and oxygen atoms in total. The molecule has 3 atom stereocenters. The highest BCUT2D eigenvalue weighted by molar-refractivity contribution is 5.83. The van der Waals surface area contributed by atoms with Crippen LogP contribution in [0.5, 0.6) is 0 Å². The Labute approximate surface area is 155 Å². The van der Waals surface area contributed by atoms with Crippen LogP contribution in [0.3, 0.4) is 0 Å².